The van der Waals surface area contributed by atoms with Crippen molar-refractivity contribution in [3.05, 3.63) is 35.3 Å². The average Bonchev–Trinajstić information content (AvgIpc) is 2.76. The van der Waals surface area contributed by atoms with Crippen molar-refractivity contribution in [2.75, 3.05) is 18.9 Å². The summed E-state index contributed by atoms with van der Waals surface area (Å²) in [5.41, 5.74) is 2.62. The summed E-state index contributed by atoms with van der Waals surface area (Å²) >= 11 is 0. The van der Waals surface area contributed by atoms with Crippen LogP contribution < -0.4 is 10.6 Å². The molecule has 1 aromatic carbocycles. The Morgan fingerprint density at radius 2 is 2.38 bits per heavy atom. The highest BCUT2D eigenvalue weighted by Crippen LogP contribution is 2.29. The average molecular weight is 219 g/mol. The van der Waals surface area contributed by atoms with E-state index in [0.717, 1.165) is 24.0 Å². The first-order valence-corrected chi connectivity index (χ1v) is 5.21. The number of fused-ring (bicyclic) bond motifs is 1. The van der Waals surface area contributed by atoms with Gasteiger partial charge >= 0.3 is 0 Å². The number of nitrogens with one attached hydrogen (secondary N) is 3. The van der Waals surface area contributed by atoms with Gasteiger partial charge in [-0.3, -0.25) is 0 Å². The summed E-state index contributed by atoms with van der Waals surface area (Å²) in [5.74, 6) is -0.215. The van der Waals surface area contributed by atoms with Crippen LogP contribution in [0.1, 0.15) is 11.1 Å². The van der Waals surface area contributed by atoms with Crippen molar-refractivity contribution < 1.29 is 4.39 Å². The number of anilines is 1. The number of allylic oxidation sites excluding steroid dienone is 1. The molecule has 3 N–H and O–H groups in total. The molecule has 0 fully saturated rings. The molecule has 0 aliphatic carbocycles. The third kappa shape index (κ3) is 1.66. The van der Waals surface area contributed by atoms with Crippen LogP contribution in [0, 0.1) is 11.2 Å². The van der Waals surface area contributed by atoms with Crippen molar-refractivity contribution >= 4 is 17.5 Å². The zero-order chi connectivity index (χ0) is 11.5. The molecule has 0 saturated heterocycles. The summed E-state index contributed by atoms with van der Waals surface area (Å²) in [7, 11) is 1.73. The molecule has 0 saturated carbocycles. The summed E-state index contributed by atoms with van der Waals surface area (Å²) in [6.45, 7) is 0.783. The minimum atomic E-state index is -0.215. The SMILES string of the molecule is CN/C=C(\C=N)c1ccc2c(c1F)CCN2. The van der Waals surface area contributed by atoms with Gasteiger partial charge in [0, 0.05) is 48.4 Å². The Labute approximate surface area is 93.9 Å². The third-order valence-electron chi connectivity index (χ3n) is 2.70. The van der Waals surface area contributed by atoms with Crippen LogP contribution in [-0.4, -0.2) is 19.8 Å². The number of hydrogen-bond acceptors (Lipinski definition) is 3. The molecular formula is C12H14FN3. The minimum Gasteiger partial charge on any atom is -0.393 e. The Morgan fingerprint density at radius 1 is 1.56 bits per heavy atom. The molecule has 2 rings (SSSR count). The molecule has 0 aromatic heterocycles. The van der Waals surface area contributed by atoms with Gasteiger partial charge in [0.15, 0.2) is 0 Å². The van der Waals surface area contributed by atoms with Crippen molar-refractivity contribution in [2.45, 2.75) is 6.42 Å². The van der Waals surface area contributed by atoms with Gasteiger partial charge in [0.1, 0.15) is 5.82 Å². The molecular weight excluding hydrogens is 205 g/mol. The lowest BCUT2D eigenvalue weighted by Gasteiger charge is -2.08. The molecule has 1 aromatic rings. The third-order valence-corrected chi connectivity index (χ3v) is 2.70. The van der Waals surface area contributed by atoms with Gasteiger partial charge in [-0.05, 0) is 18.6 Å². The molecule has 0 unspecified atom stereocenters. The lowest BCUT2D eigenvalue weighted by Crippen LogP contribution is -2.00. The van der Waals surface area contributed by atoms with Gasteiger partial charge in [0.05, 0.1) is 0 Å². The first-order chi connectivity index (χ1) is 7.77. The maximum Gasteiger partial charge on any atom is 0.136 e. The number of hydrogen-bond donors (Lipinski definition) is 3. The zero-order valence-electron chi connectivity index (χ0n) is 9.10. The fourth-order valence-corrected chi connectivity index (χ4v) is 1.93. The molecule has 16 heavy (non-hydrogen) atoms. The second kappa shape index (κ2) is 4.35. The summed E-state index contributed by atoms with van der Waals surface area (Å²) in [4.78, 5) is 0. The summed E-state index contributed by atoms with van der Waals surface area (Å²) < 4.78 is 14.1. The van der Waals surface area contributed by atoms with E-state index in [-0.39, 0.29) is 5.82 Å². The Balaban J connectivity index is 2.50. The van der Waals surface area contributed by atoms with Gasteiger partial charge < -0.3 is 16.0 Å². The Kier molecular flexibility index (Phi) is 2.90. The first-order valence-electron chi connectivity index (χ1n) is 5.21. The zero-order valence-corrected chi connectivity index (χ0v) is 9.10. The molecule has 1 aliphatic rings. The highest BCUT2D eigenvalue weighted by atomic mass is 19.1. The van der Waals surface area contributed by atoms with Crippen LogP contribution in [0.15, 0.2) is 18.3 Å². The molecule has 84 valence electrons. The molecule has 0 spiro atoms. The standard InChI is InChI=1S/C12H14FN3/c1-15-7-8(6-14)9-2-3-11-10(12(9)13)4-5-16-11/h2-3,6-7,14-16H,4-5H2,1H3/b8-7+,14-6?. The topological polar surface area (TPSA) is 47.9 Å². The predicted molar refractivity (Wildman–Crippen MR) is 64.4 cm³/mol. The molecule has 0 atom stereocenters. The van der Waals surface area contributed by atoms with E-state index < -0.39 is 0 Å². The fraction of sp³-hybridized carbons (Fsp3) is 0.250. The molecule has 0 amide bonds. The molecule has 3 nitrogen and oxygen atoms in total. The van der Waals surface area contributed by atoms with Crippen molar-refractivity contribution in [3.8, 4) is 0 Å². The number of halogens is 1. The quantitative estimate of drug-likeness (QED) is 0.681. The Hall–Kier alpha value is -1.84. The van der Waals surface area contributed by atoms with Gasteiger partial charge in [0.25, 0.3) is 0 Å². The fourth-order valence-electron chi connectivity index (χ4n) is 1.93. The first kappa shape index (κ1) is 10.7. The highest BCUT2D eigenvalue weighted by Gasteiger charge is 2.18. The van der Waals surface area contributed by atoms with Crippen LogP contribution in [0.5, 0.6) is 0 Å². The van der Waals surface area contributed by atoms with Crippen LogP contribution in [0.2, 0.25) is 0 Å². The smallest absolute Gasteiger partial charge is 0.136 e. The Bertz CT molecular complexity index is 452. The summed E-state index contributed by atoms with van der Waals surface area (Å²) in [6.07, 6.45) is 3.49. The molecule has 0 radical (unpaired) electrons. The molecule has 0 bridgehead atoms. The Morgan fingerprint density at radius 3 is 3.06 bits per heavy atom. The normalized spacial score (nSPS) is 14.2. The lowest BCUT2D eigenvalue weighted by molar-refractivity contribution is 0.612. The van der Waals surface area contributed by atoms with E-state index in [2.05, 4.69) is 10.6 Å². The van der Waals surface area contributed by atoms with Crippen LogP contribution >= 0.6 is 0 Å². The van der Waals surface area contributed by atoms with E-state index in [1.165, 1.54) is 0 Å². The van der Waals surface area contributed by atoms with Crippen LogP contribution in [0.4, 0.5) is 10.1 Å². The maximum atomic E-state index is 14.1. The van der Waals surface area contributed by atoms with Gasteiger partial charge in [0.2, 0.25) is 0 Å². The summed E-state index contributed by atoms with van der Waals surface area (Å²) in [6, 6.07) is 3.58. The van der Waals surface area contributed by atoms with Crippen LogP contribution in [-0.2, 0) is 6.42 Å². The van der Waals surface area contributed by atoms with Crippen molar-refractivity contribution in [3.63, 3.8) is 0 Å². The lowest BCUT2D eigenvalue weighted by atomic mass is 10.0. The van der Waals surface area contributed by atoms with E-state index in [9.17, 15) is 4.39 Å². The van der Waals surface area contributed by atoms with E-state index in [0.29, 0.717) is 17.6 Å². The maximum absolute atomic E-state index is 14.1. The van der Waals surface area contributed by atoms with Gasteiger partial charge in [-0.2, -0.15) is 0 Å². The highest BCUT2D eigenvalue weighted by molar-refractivity contribution is 6.08. The molecule has 4 heteroatoms. The van der Waals surface area contributed by atoms with Gasteiger partial charge in [-0.25, -0.2) is 4.39 Å². The second-order valence-electron chi connectivity index (χ2n) is 3.66. The van der Waals surface area contributed by atoms with E-state index >= 15 is 0 Å². The van der Waals surface area contributed by atoms with E-state index in [1.807, 2.05) is 6.07 Å². The monoisotopic (exact) mass is 219 g/mol. The van der Waals surface area contributed by atoms with Crippen molar-refractivity contribution in [2.24, 2.45) is 0 Å². The molecule has 1 aliphatic heterocycles. The minimum absolute atomic E-state index is 0.215. The van der Waals surface area contributed by atoms with Crippen LogP contribution in [0.3, 0.4) is 0 Å². The number of benzene rings is 1. The van der Waals surface area contributed by atoms with Crippen molar-refractivity contribution in [1.82, 2.24) is 5.32 Å². The van der Waals surface area contributed by atoms with Crippen LogP contribution in [0.25, 0.3) is 5.57 Å². The van der Waals surface area contributed by atoms with Gasteiger partial charge in [-0.1, -0.05) is 0 Å². The van der Waals surface area contributed by atoms with E-state index in [1.54, 1.807) is 19.3 Å². The molecule has 1 heterocycles. The number of rotatable bonds is 3. The largest absolute Gasteiger partial charge is 0.393 e. The second-order valence-corrected chi connectivity index (χ2v) is 3.66. The summed E-state index contributed by atoms with van der Waals surface area (Å²) in [5, 5.41) is 13.2. The van der Waals surface area contributed by atoms with Gasteiger partial charge in [-0.15, -0.1) is 0 Å². The van der Waals surface area contributed by atoms with E-state index in [4.69, 9.17) is 5.41 Å². The predicted octanol–water partition coefficient (Wildman–Crippen LogP) is 2.00. The van der Waals surface area contributed by atoms with Crippen molar-refractivity contribution in [1.29, 1.82) is 5.41 Å².